The van der Waals surface area contributed by atoms with E-state index in [1.807, 2.05) is 17.1 Å². The van der Waals surface area contributed by atoms with Gasteiger partial charge in [0.1, 0.15) is 6.33 Å². The maximum atomic E-state index is 4.50. The summed E-state index contributed by atoms with van der Waals surface area (Å²) in [5, 5.41) is 4.50. The summed E-state index contributed by atoms with van der Waals surface area (Å²) in [4.78, 5) is 4.36. The van der Waals surface area contributed by atoms with Crippen LogP contribution in [0.2, 0.25) is 0 Å². The molecule has 1 aromatic heterocycles. The molecule has 0 aliphatic heterocycles. The Kier molecular flexibility index (Phi) is 2.67. The molecule has 3 rings (SSSR count). The Morgan fingerprint density at radius 3 is 3.00 bits per heavy atom. The van der Waals surface area contributed by atoms with Gasteiger partial charge < -0.3 is 0 Å². The molecule has 1 fully saturated rings. The lowest BCUT2D eigenvalue weighted by molar-refractivity contribution is 0.563. The van der Waals surface area contributed by atoms with Crippen molar-refractivity contribution in [1.29, 1.82) is 0 Å². The second kappa shape index (κ2) is 4.16. The van der Waals surface area contributed by atoms with Gasteiger partial charge in [-0.15, -0.1) is 0 Å². The lowest BCUT2D eigenvalue weighted by Crippen LogP contribution is -1.99. The highest BCUT2D eigenvalue weighted by molar-refractivity contribution is 14.1. The molecule has 0 N–H and O–H groups in total. The number of halogens is 1. The molecule has 0 saturated heterocycles. The van der Waals surface area contributed by atoms with Gasteiger partial charge in [-0.05, 0) is 53.5 Å². The fourth-order valence-corrected chi connectivity index (χ4v) is 2.25. The molecule has 4 heteroatoms. The minimum absolute atomic E-state index is 0.833. The van der Waals surface area contributed by atoms with E-state index in [9.17, 15) is 0 Å². The summed E-state index contributed by atoms with van der Waals surface area (Å²) < 4.78 is 3.18. The number of hydrogen-bond donors (Lipinski definition) is 0. The average Bonchev–Trinajstić information content (AvgIpc) is 2.94. The van der Waals surface area contributed by atoms with Crippen LogP contribution in [0.3, 0.4) is 0 Å². The van der Waals surface area contributed by atoms with Crippen molar-refractivity contribution in [1.82, 2.24) is 14.8 Å². The molecule has 0 atom stereocenters. The first-order chi connectivity index (χ1) is 7.81. The Morgan fingerprint density at radius 1 is 1.38 bits per heavy atom. The van der Waals surface area contributed by atoms with E-state index in [-0.39, 0.29) is 0 Å². The SMILES string of the molecule is Ic1cccc(-c2ncn(CC3CC3)n2)c1. The molecular formula is C12H12IN3. The molecule has 2 aromatic rings. The van der Waals surface area contributed by atoms with Crippen molar-refractivity contribution < 1.29 is 0 Å². The van der Waals surface area contributed by atoms with Crippen molar-refractivity contribution in [3.63, 3.8) is 0 Å². The third-order valence-corrected chi connectivity index (χ3v) is 3.43. The number of hydrogen-bond acceptors (Lipinski definition) is 2. The molecule has 16 heavy (non-hydrogen) atoms. The largest absolute Gasteiger partial charge is 0.252 e. The van der Waals surface area contributed by atoms with Crippen LogP contribution in [0.1, 0.15) is 12.8 Å². The predicted octanol–water partition coefficient (Wildman–Crippen LogP) is 2.96. The Balaban J connectivity index is 1.85. The highest BCUT2D eigenvalue weighted by Crippen LogP contribution is 2.30. The maximum absolute atomic E-state index is 4.50. The van der Waals surface area contributed by atoms with E-state index in [1.54, 1.807) is 0 Å². The van der Waals surface area contributed by atoms with Gasteiger partial charge in [-0.1, -0.05) is 12.1 Å². The molecule has 1 saturated carbocycles. The summed E-state index contributed by atoms with van der Waals surface area (Å²) in [6.07, 6.45) is 4.53. The zero-order chi connectivity index (χ0) is 11.0. The molecule has 1 aliphatic carbocycles. The van der Waals surface area contributed by atoms with Gasteiger partial charge >= 0.3 is 0 Å². The third-order valence-electron chi connectivity index (χ3n) is 2.76. The lowest BCUT2D eigenvalue weighted by Gasteiger charge is -1.97. The van der Waals surface area contributed by atoms with Gasteiger partial charge in [0.25, 0.3) is 0 Å². The molecule has 0 bridgehead atoms. The van der Waals surface area contributed by atoms with Crippen molar-refractivity contribution in [2.75, 3.05) is 0 Å². The molecule has 0 amide bonds. The highest BCUT2D eigenvalue weighted by atomic mass is 127. The molecular weight excluding hydrogens is 313 g/mol. The number of nitrogens with zero attached hydrogens (tertiary/aromatic N) is 3. The van der Waals surface area contributed by atoms with Crippen LogP contribution in [0.15, 0.2) is 30.6 Å². The molecule has 3 nitrogen and oxygen atoms in total. The Labute approximate surface area is 108 Å². The van der Waals surface area contributed by atoms with E-state index >= 15 is 0 Å². The van der Waals surface area contributed by atoms with Crippen molar-refractivity contribution in [2.45, 2.75) is 19.4 Å². The van der Waals surface area contributed by atoms with Crippen LogP contribution in [-0.4, -0.2) is 14.8 Å². The summed E-state index contributed by atoms with van der Waals surface area (Å²) in [7, 11) is 0. The smallest absolute Gasteiger partial charge is 0.181 e. The van der Waals surface area contributed by atoms with Gasteiger partial charge in [0.05, 0.1) is 0 Å². The first-order valence-corrected chi connectivity index (χ1v) is 6.54. The first kappa shape index (κ1) is 10.3. The van der Waals surface area contributed by atoms with E-state index in [4.69, 9.17) is 0 Å². The van der Waals surface area contributed by atoms with Crippen LogP contribution < -0.4 is 0 Å². The van der Waals surface area contributed by atoms with Crippen LogP contribution in [0.5, 0.6) is 0 Å². The minimum Gasteiger partial charge on any atom is -0.252 e. The topological polar surface area (TPSA) is 30.7 Å². The standard InChI is InChI=1S/C12H12IN3/c13-11-3-1-2-10(6-11)12-14-8-16(15-12)7-9-4-5-9/h1-3,6,8-9H,4-5,7H2. The summed E-state index contributed by atoms with van der Waals surface area (Å²) in [6.45, 7) is 1.02. The van der Waals surface area contributed by atoms with Crippen LogP contribution in [0.4, 0.5) is 0 Å². The van der Waals surface area contributed by atoms with E-state index < -0.39 is 0 Å². The number of benzene rings is 1. The second-order valence-corrected chi connectivity index (χ2v) is 5.49. The predicted molar refractivity (Wildman–Crippen MR) is 70.9 cm³/mol. The molecule has 0 radical (unpaired) electrons. The Bertz CT molecular complexity index is 502. The van der Waals surface area contributed by atoms with Crippen LogP contribution in [0.25, 0.3) is 11.4 Å². The first-order valence-electron chi connectivity index (χ1n) is 5.46. The monoisotopic (exact) mass is 325 g/mol. The van der Waals surface area contributed by atoms with Gasteiger partial charge in [0, 0.05) is 15.7 Å². The van der Waals surface area contributed by atoms with E-state index in [0.29, 0.717) is 0 Å². The molecule has 1 heterocycles. The fraction of sp³-hybridized carbons (Fsp3) is 0.333. The second-order valence-electron chi connectivity index (χ2n) is 4.24. The lowest BCUT2D eigenvalue weighted by atomic mass is 10.2. The summed E-state index contributed by atoms with van der Waals surface area (Å²) in [6, 6.07) is 8.28. The molecule has 82 valence electrons. The number of rotatable bonds is 3. The zero-order valence-electron chi connectivity index (χ0n) is 8.81. The van der Waals surface area contributed by atoms with Gasteiger partial charge in [-0.25, -0.2) is 4.98 Å². The van der Waals surface area contributed by atoms with Crippen LogP contribution in [0, 0.1) is 9.49 Å². The Morgan fingerprint density at radius 2 is 2.25 bits per heavy atom. The summed E-state index contributed by atoms with van der Waals surface area (Å²) >= 11 is 2.31. The van der Waals surface area contributed by atoms with Crippen molar-refractivity contribution in [2.24, 2.45) is 5.92 Å². The van der Waals surface area contributed by atoms with Crippen molar-refractivity contribution >= 4 is 22.6 Å². The highest BCUT2D eigenvalue weighted by Gasteiger charge is 2.22. The fourth-order valence-electron chi connectivity index (χ4n) is 1.71. The van der Waals surface area contributed by atoms with E-state index in [2.05, 4.69) is 50.9 Å². The summed E-state index contributed by atoms with van der Waals surface area (Å²) in [5.41, 5.74) is 1.10. The van der Waals surface area contributed by atoms with Crippen molar-refractivity contribution in [3.8, 4) is 11.4 Å². The third kappa shape index (κ3) is 2.26. The normalized spacial score (nSPS) is 15.3. The van der Waals surface area contributed by atoms with Crippen LogP contribution >= 0.6 is 22.6 Å². The molecule has 1 aromatic carbocycles. The minimum atomic E-state index is 0.833. The maximum Gasteiger partial charge on any atom is 0.181 e. The van der Waals surface area contributed by atoms with Crippen LogP contribution in [-0.2, 0) is 6.54 Å². The van der Waals surface area contributed by atoms with Crippen molar-refractivity contribution in [3.05, 3.63) is 34.2 Å². The number of aromatic nitrogens is 3. The average molecular weight is 325 g/mol. The quantitative estimate of drug-likeness (QED) is 0.813. The molecule has 0 unspecified atom stereocenters. The molecule has 0 spiro atoms. The van der Waals surface area contributed by atoms with Gasteiger partial charge in [-0.3, -0.25) is 4.68 Å². The van der Waals surface area contributed by atoms with E-state index in [0.717, 1.165) is 23.9 Å². The Hall–Kier alpha value is -0.910. The van der Waals surface area contributed by atoms with Gasteiger partial charge in [-0.2, -0.15) is 5.10 Å². The summed E-state index contributed by atoms with van der Waals surface area (Å²) in [5.74, 6) is 1.67. The van der Waals surface area contributed by atoms with E-state index in [1.165, 1.54) is 16.4 Å². The molecule has 1 aliphatic rings. The zero-order valence-corrected chi connectivity index (χ0v) is 11.0. The van der Waals surface area contributed by atoms with Gasteiger partial charge in [0.2, 0.25) is 0 Å². The van der Waals surface area contributed by atoms with Gasteiger partial charge in [0.15, 0.2) is 5.82 Å².